The van der Waals surface area contributed by atoms with Crippen molar-refractivity contribution < 1.29 is 14.3 Å². The van der Waals surface area contributed by atoms with E-state index in [1.54, 1.807) is 0 Å². The Kier molecular flexibility index (Phi) is 6.87. The van der Waals surface area contributed by atoms with Crippen molar-refractivity contribution >= 4 is 16.9 Å². The van der Waals surface area contributed by atoms with Crippen LogP contribution in [0.3, 0.4) is 0 Å². The predicted molar refractivity (Wildman–Crippen MR) is 121 cm³/mol. The van der Waals surface area contributed by atoms with Crippen LogP contribution in [0.5, 0.6) is 5.75 Å². The molecule has 2 aromatic carbocycles. The number of fused-ring (bicyclic) bond motifs is 1. The third-order valence-electron chi connectivity index (χ3n) is 5.74. The Bertz CT molecular complexity index is 1040. The Morgan fingerprint density at radius 2 is 2.13 bits per heavy atom. The van der Waals surface area contributed by atoms with Crippen LogP contribution in [0.25, 0.3) is 11.0 Å². The van der Waals surface area contributed by atoms with E-state index in [0.29, 0.717) is 19.8 Å². The van der Waals surface area contributed by atoms with Gasteiger partial charge in [-0.15, -0.1) is 0 Å². The summed E-state index contributed by atoms with van der Waals surface area (Å²) in [6.45, 7) is 6.78. The van der Waals surface area contributed by atoms with E-state index < -0.39 is 0 Å². The predicted octanol–water partition coefficient (Wildman–Crippen LogP) is 3.96. The smallest absolute Gasteiger partial charge is 0.249 e. The lowest BCUT2D eigenvalue weighted by molar-refractivity contribution is -0.130. The van der Waals surface area contributed by atoms with Crippen LogP contribution in [0.2, 0.25) is 0 Å². The van der Waals surface area contributed by atoms with E-state index in [9.17, 15) is 4.79 Å². The van der Waals surface area contributed by atoms with Crippen LogP contribution < -0.4 is 10.1 Å². The molecule has 1 fully saturated rings. The highest BCUT2D eigenvalue weighted by Crippen LogP contribution is 2.20. The number of benzene rings is 2. The van der Waals surface area contributed by atoms with Crippen LogP contribution in [0.4, 0.5) is 0 Å². The van der Waals surface area contributed by atoms with Gasteiger partial charge < -0.3 is 19.4 Å². The standard InChI is InChI=1S/C25H31N3O3/c1-18-11-12-22(19(2)17-18)31-16-14-28-21-8-4-3-7-20(21)27-24(28)10-5-13-26-25(29)23-9-6-15-30-23/h3-4,7-8,11-12,17,23H,5-6,9-10,13-16H2,1-2H3,(H,26,29). The molecule has 4 rings (SSSR count). The SMILES string of the molecule is Cc1ccc(OCCn2c(CCCNC(=O)C3CCCO3)nc3ccccc32)c(C)c1. The largest absolute Gasteiger partial charge is 0.491 e. The number of rotatable bonds is 9. The van der Waals surface area contributed by atoms with E-state index in [-0.39, 0.29) is 12.0 Å². The molecule has 1 saturated heterocycles. The average molecular weight is 422 g/mol. The Morgan fingerprint density at radius 3 is 2.94 bits per heavy atom. The van der Waals surface area contributed by atoms with Crippen molar-refractivity contribution in [3.05, 3.63) is 59.4 Å². The molecule has 6 heteroatoms. The molecule has 1 aromatic heterocycles. The Labute approximate surface area is 183 Å². The van der Waals surface area contributed by atoms with E-state index >= 15 is 0 Å². The summed E-state index contributed by atoms with van der Waals surface area (Å²) in [5.74, 6) is 1.96. The number of amides is 1. The summed E-state index contributed by atoms with van der Waals surface area (Å²) in [4.78, 5) is 16.9. The quantitative estimate of drug-likeness (QED) is 0.531. The van der Waals surface area contributed by atoms with Gasteiger partial charge in [-0.1, -0.05) is 29.8 Å². The number of para-hydroxylation sites is 2. The first kappa shape index (κ1) is 21.4. The van der Waals surface area contributed by atoms with Crippen LogP contribution >= 0.6 is 0 Å². The van der Waals surface area contributed by atoms with Crippen molar-refractivity contribution in [2.24, 2.45) is 0 Å². The molecule has 0 aliphatic carbocycles. The summed E-state index contributed by atoms with van der Waals surface area (Å²) in [5.41, 5.74) is 4.49. The van der Waals surface area contributed by atoms with Crippen molar-refractivity contribution in [1.82, 2.24) is 14.9 Å². The highest BCUT2D eigenvalue weighted by molar-refractivity contribution is 5.80. The molecule has 3 aromatic rings. The highest BCUT2D eigenvalue weighted by atomic mass is 16.5. The average Bonchev–Trinajstić information content (AvgIpc) is 3.41. The molecule has 1 atom stereocenters. The fourth-order valence-corrected chi connectivity index (χ4v) is 4.13. The lowest BCUT2D eigenvalue weighted by Crippen LogP contribution is -2.34. The molecule has 6 nitrogen and oxygen atoms in total. The monoisotopic (exact) mass is 421 g/mol. The van der Waals surface area contributed by atoms with E-state index in [0.717, 1.165) is 60.4 Å². The first-order valence-electron chi connectivity index (χ1n) is 11.2. The van der Waals surface area contributed by atoms with Crippen LogP contribution in [-0.4, -0.2) is 41.3 Å². The Morgan fingerprint density at radius 1 is 1.26 bits per heavy atom. The third-order valence-corrected chi connectivity index (χ3v) is 5.74. The van der Waals surface area contributed by atoms with Gasteiger partial charge >= 0.3 is 0 Å². The highest BCUT2D eigenvalue weighted by Gasteiger charge is 2.22. The van der Waals surface area contributed by atoms with Gasteiger partial charge in [0.05, 0.1) is 17.6 Å². The molecule has 1 unspecified atom stereocenters. The molecule has 1 N–H and O–H groups in total. The minimum absolute atomic E-state index is 0.00729. The van der Waals surface area contributed by atoms with Crippen LogP contribution in [-0.2, 0) is 22.5 Å². The van der Waals surface area contributed by atoms with E-state index in [2.05, 4.69) is 41.9 Å². The summed E-state index contributed by atoms with van der Waals surface area (Å²) in [6, 6.07) is 14.4. The molecule has 0 bridgehead atoms. The summed E-state index contributed by atoms with van der Waals surface area (Å²) >= 11 is 0. The number of aromatic nitrogens is 2. The molecule has 164 valence electrons. The van der Waals surface area contributed by atoms with Gasteiger partial charge in [0.25, 0.3) is 0 Å². The topological polar surface area (TPSA) is 65.4 Å². The maximum atomic E-state index is 12.1. The first-order valence-corrected chi connectivity index (χ1v) is 11.2. The minimum Gasteiger partial charge on any atom is -0.491 e. The second-order valence-electron chi connectivity index (χ2n) is 8.18. The van der Waals surface area contributed by atoms with Gasteiger partial charge in [-0.25, -0.2) is 4.98 Å². The van der Waals surface area contributed by atoms with Crippen molar-refractivity contribution in [1.29, 1.82) is 0 Å². The number of nitrogens with one attached hydrogen (secondary N) is 1. The number of hydrogen-bond donors (Lipinski definition) is 1. The lowest BCUT2D eigenvalue weighted by atomic mass is 10.1. The number of nitrogens with zero attached hydrogens (tertiary/aromatic N) is 2. The minimum atomic E-state index is -0.271. The summed E-state index contributed by atoms with van der Waals surface area (Å²) in [5, 5.41) is 3.00. The van der Waals surface area contributed by atoms with Gasteiger partial charge in [-0.3, -0.25) is 4.79 Å². The van der Waals surface area contributed by atoms with E-state index in [4.69, 9.17) is 14.5 Å². The van der Waals surface area contributed by atoms with Gasteiger partial charge in [-0.2, -0.15) is 0 Å². The number of ether oxygens (including phenoxy) is 2. The van der Waals surface area contributed by atoms with Crippen LogP contribution in [0, 0.1) is 13.8 Å². The van der Waals surface area contributed by atoms with Gasteiger partial charge in [0.1, 0.15) is 24.3 Å². The van der Waals surface area contributed by atoms with E-state index in [1.807, 2.05) is 24.3 Å². The summed E-state index contributed by atoms with van der Waals surface area (Å²) in [6.07, 6.45) is 3.14. The zero-order valence-corrected chi connectivity index (χ0v) is 18.4. The first-order chi connectivity index (χ1) is 15.1. The van der Waals surface area contributed by atoms with Crippen LogP contribution in [0.15, 0.2) is 42.5 Å². The number of carbonyl (C=O) groups excluding carboxylic acids is 1. The molecule has 0 spiro atoms. The zero-order chi connectivity index (χ0) is 21.6. The van der Waals surface area contributed by atoms with Crippen molar-refractivity contribution in [2.75, 3.05) is 19.8 Å². The van der Waals surface area contributed by atoms with Gasteiger partial charge in [0.2, 0.25) is 5.91 Å². The van der Waals surface area contributed by atoms with Gasteiger partial charge in [0, 0.05) is 19.6 Å². The number of imidazole rings is 1. The molecule has 31 heavy (non-hydrogen) atoms. The van der Waals surface area contributed by atoms with Crippen molar-refractivity contribution in [3.63, 3.8) is 0 Å². The number of carbonyl (C=O) groups is 1. The third kappa shape index (κ3) is 5.25. The Balaban J connectivity index is 1.36. The van der Waals surface area contributed by atoms with Crippen molar-refractivity contribution in [3.8, 4) is 5.75 Å². The summed E-state index contributed by atoms with van der Waals surface area (Å²) in [7, 11) is 0. The van der Waals surface area contributed by atoms with Gasteiger partial charge in [-0.05, 0) is 56.9 Å². The molecule has 2 heterocycles. The maximum Gasteiger partial charge on any atom is 0.249 e. The molecule has 1 aliphatic heterocycles. The van der Waals surface area contributed by atoms with Crippen molar-refractivity contribution in [2.45, 2.75) is 52.2 Å². The van der Waals surface area contributed by atoms with E-state index in [1.165, 1.54) is 5.56 Å². The lowest BCUT2D eigenvalue weighted by Gasteiger charge is -2.13. The number of hydrogen-bond acceptors (Lipinski definition) is 4. The zero-order valence-electron chi connectivity index (χ0n) is 18.4. The normalized spacial score (nSPS) is 16.0. The number of aryl methyl sites for hydroxylation is 3. The molecular formula is C25H31N3O3. The van der Waals surface area contributed by atoms with Gasteiger partial charge in [0.15, 0.2) is 0 Å². The second-order valence-corrected chi connectivity index (χ2v) is 8.18. The molecule has 1 amide bonds. The van der Waals surface area contributed by atoms with Crippen LogP contribution in [0.1, 0.15) is 36.2 Å². The molecule has 0 radical (unpaired) electrons. The molecular weight excluding hydrogens is 390 g/mol. The molecule has 0 saturated carbocycles. The summed E-state index contributed by atoms with van der Waals surface area (Å²) < 4.78 is 13.7. The second kappa shape index (κ2) is 9.96. The maximum absolute atomic E-state index is 12.1. The molecule has 1 aliphatic rings. The fraction of sp³-hybridized carbons (Fsp3) is 0.440. The Hall–Kier alpha value is -2.86. The fourth-order valence-electron chi connectivity index (χ4n) is 4.13.